The van der Waals surface area contributed by atoms with Crippen LogP contribution in [0.25, 0.3) is 33.4 Å². The molecule has 2 aromatic rings. The van der Waals surface area contributed by atoms with E-state index in [2.05, 4.69) is 0 Å². The van der Waals surface area contributed by atoms with E-state index >= 15 is 0 Å². The quantitative estimate of drug-likeness (QED) is 0.317. The van der Waals surface area contributed by atoms with Gasteiger partial charge in [-0.3, -0.25) is 4.79 Å². The summed E-state index contributed by atoms with van der Waals surface area (Å²) in [5, 5.41) is 40.6. The van der Waals surface area contributed by atoms with E-state index in [1.54, 1.807) is 18.2 Å². The third kappa shape index (κ3) is 2.48. The Morgan fingerprint density at radius 3 is 2.37 bits per heavy atom. The van der Waals surface area contributed by atoms with Crippen LogP contribution in [0.4, 0.5) is 0 Å². The molecular weight excluding hydrogens is 352 g/mol. The third-order valence-corrected chi connectivity index (χ3v) is 4.38. The van der Waals surface area contributed by atoms with E-state index in [4.69, 9.17) is 9.15 Å². The molecule has 0 unspecified atom stereocenters. The van der Waals surface area contributed by atoms with Crippen LogP contribution in [0, 0.1) is 0 Å². The monoisotopic (exact) mass is 366 g/mol. The Hall–Kier alpha value is -3.87. The van der Waals surface area contributed by atoms with Crippen molar-refractivity contribution in [1.29, 1.82) is 0 Å². The summed E-state index contributed by atoms with van der Waals surface area (Å²) in [4.78, 5) is 11.8. The molecule has 1 aliphatic carbocycles. The molecule has 1 aliphatic heterocycles. The van der Waals surface area contributed by atoms with Crippen molar-refractivity contribution < 1.29 is 29.6 Å². The van der Waals surface area contributed by atoms with Crippen LogP contribution in [-0.2, 0) is 0 Å². The first-order valence-electron chi connectivity index (χ1n) is 7.92. The van der Waals surface area contributed by atoms with Gasteiger partial charge < -0.3 is 29.6 Å². The van der Waals surface area contributed by atoms with Crippen molar-refractivity contribution in [3.05, 3.63) is 52.7 Å². The van der Waals surface area contributed by atoms with Crippen molar-refractivity contribution >= 4 is 11.0 Å². The lowest BCUT2D eigenvalue weighted by atomic mass is 9.92. The molecule has 0 fully saturated rings. The molecule has 0 bridgehead atoms. The molecular formula is C20H14O7. The summed E-state index contributed by atoms with van der Waals surface area (Å²) in [6, 6.07) is 9.71. The van der Waals surface area contributed by atoms with Gasteiger partial charge in [0.05, 0.1) is 7.11 Å². The Balaban J connectivity index is 2.24. The van der Waals surface area contributed by atoms with Crippen molar-refractivity contribution in [2.75, 3.05) is 7.11 Å². The maximum absolute atomic E-state index is 11.8. The Labute approximate surface area is 152 Å². The predicted octanol–water partition coefficient (Wildman–Crippen LogP) is 3.40. The molecule has 1 heterocycles. The zero-order chi connectivity index (χ0) is 19.3. The lowest BCUT2D eigenvalue weighted by Crippen LogP contribution is -2.01. The number of fused-ring (bicyclic) bond motifs is 2. The highest BCUT2D eigenvalue weighted by Gasteiger charge is 2.23. The number of benzene rings is 3. The van der Waals surface area contributed by atoms with Crippen LogP contribution in [0.1, 0.15) is 0 Å². The zero-order valence-corrected chi connectivity index (χ0v) is 14.1. The average Bonchev–Trinajstić information content (AvgIpc) is 2.63. The standard InChI is InChI=1S/C20H14O7/c1-26-16-4-2-3-9(20(16)25)19-10-5-12(21)14(23)7-17(10)27-18-8-15(24)13(22)6-11(18)19/h2-8,21-23,25H,1H3. The van der Waals surface area contributed by atoms with Crippen LogP contribution in [0.2, 0.25) is 0 Å². The Bertz CT molecular complexity index is 1220. The Morgan fingerprint density at radius 2 is 1.63 bits per heavy atom. The van der Waals surface area contributed by atoms with Crippen molar-refractivity contribution in [3.8, 4) is 51.2 Å². The summed E-state index contributed by atoms with van der Waals surface area (Å²) >= 11 is 0. The van der Waals surface area contributed by atoms with E-state index in [0.717, 1.165) is 6.07 Å². The number of methoxy groups -OCH3 is 1. The fourth-order valence-corrected chi connectivity index (χ4v) is 3.11. The molecule has 27 heavy (non-hydrogen) atoms. The van der Waals surface area contributed by atoms with Gasteiger partial charge in [0, 0.05) is 34.2 Å². The van der Waals surface area contributed by atoms with Crippen molar-refractivity contribution in [1.82, 2.24) is 0 Å². The third-order valence-electron chi connectivity index (χ3n) is 4.38. The molecule has 4 rings (SSSR count). The van der Waals surface area contributed by atoms with Crippen LogP contribution in [0.5, 0.6) is 28.7 Å². The van der Waals surface area contributed by atoms with Gasteiger partial charge in [0.2, 0.25) is 5.43 Å². The van der Waals surface area contributed by atoms with E-state index in [1.807, 2.05) is 0 Å². The van der Waals surface area contributed by atoms with Crippen LogP contribution >= 0.6 is 0 Å². The molecule has 0 spiro atoms. The van der Waals surface area contributed by atoms with Crippen LogP contribution < -0.4 is 10.2 Å². The normalized spacial score (nSPS) is 11.1. The maximum Gasteiger partial charge on any atom is 0.223 e. The highest BCUT2D eigenvalue weighted by molar-refractivity contribution is 6.04. The van der Waals surface area contributed by atoms with Crippen LogP contribution in [0.3, 0.4) is 0 Å². The topological polar surface area (TPSA) is 120 Å². The van der Waals surface area contributed by atoms with Crippen LogP contribution in [0.15, 0.2) is 51.7 Å². The number of phenolic OH excluding ortho intramolecular Hbond substituents is 4. The van der Waals surface area contributed by atoms with E-state index in [0.29, 0.717) is 22.1 Å². The smallest absolute Gasteiger partial charge is 0.223 e. The zero-order valence-electron chi connectivity index (χ0n) is 14.1. The molecule has 2 aliphatic rings. The van der Waals surface area contributed by atoms with Gasteiger partial charge in [-0.1, -0.05) is 12.1 Å². The second-order valence-electron chi connectivity index (χ2n) is 5.99. The van der Waals surface area contributed by atoms with Gasteiger partial charge in [-0.05, 0) is 18.2 Å². The number of para-hydroxylation sites is 1. The molecule has 0 radical (unpaired) electrons. The Morgan fingerprint density at radius 1 is 0.889 bits per heavy atom. The summed E-state index contributed by atoms with van der Waals surface area (Å²) in [6.07, 6.45) is 0. The second-order valence-corrected chi connectivity index (χ2v) is 5.99. The molecule has 0 aromatic heterocycles. The summed E-state index contributed by atoms with van der Waals surface area (Å²) in [5.41, 5.74) is 0.624. The van der Waals surface area contributed by atoms with E-state index < -0.39 is 16.9 Å². The minimum atomic E-state index is -0.630. The summed E-state index contributed by atoms with van der Waals surface area (Å²) in [7, 11) is 1.41. The largest absolute Gasteiger partial charge is 0.504 e. The van der Waals surface area contributed by atoms with Gasteiger partial charge in [0.25, 0.3) is 0 Å². The SMILES string of the molecule is COc1cccc(-c2c3cc(O)c(=O)cc-3oc3cc(O)c(O)cc23)c1O. The number of hydrogen-bond donors (Lipinski definition) is 4. The molecule has 7 heteroatoms. The maximum atomic E-state index is 11.8. The molecule has 2 aromatic carbocycles. The first-order valence-corrected chi connectivity index (χ1v) is 7.92. The number of phenols is 4. The highest BCUT2D eigenvalue weighted by Crippen LogP contribution is 2.47. The van der Waals surface area contributed by atoms with Gasteiger partial charge in [-0.15, -0.1) is 0 Å². The summed E-state index contributed by atoms with van der Waals surface area (Å²) in [6.45, 7) is 0. The number of aromatic hydroxyl groups is 4. The van der Waals surface area contributed by atoms with Gasteiger partial charge in [-0.25, -0.2) is 0 Å². The fourth-order valence-electron chi connectivity index (χ4n) is 3.11. The van der Waals surface area contributed by atoms with Crippen LogP contribution in [-0.4, -0.2) is 27.5 Å². The predicted molar refractivity (Wildman–Crippen MR) is 97.8 cm³/mol. The van der Waals surface area contributed by atoms with E-state index in [9.17, 15) is 25.2 Å². The molecule has 0 saturated heterocycles. The van der Waals surface area contributed by atoms with E-state index in [-0.39, 0.29) is 28.6 Å². The Kier molecular flexibility index (Phi) is 3.59. The average molecular weight is 366 g/mol. The second kappa shape index (κ2) is 5.84. The molecule has 7 nitrogen and oxygen atoms in total. The number of hydrogen-bond acceptors (Lipinski definition) is 7. The van der Waals surface area contributed by atoms with Crippen molar-refractivity contribution in [2.45, 2.75) is 0 Å². The molecule has 136 valence electrons. The summed E-state index contributed by atoms with van der Waals surface area (Å²) < 4.78 is 10.8. The minimum Gasteiger partial charge on any atom is -0.504 e. The summed E-state index contributed by atoms with van der Waals surface area (Å²) in [5.74, 6) is -1.05. The van der Waals surface area contributed by atoms with Gasteiger partial charge in [0.15, 0.2) is 28.7 Å². The molecule has 0 saturated carbocycles. The first kappa shape index (κ1) is 16.6. The van der Waals surface area contributed by atoms with Gasteiger partial charge in [0.1, 0.15) is 11.3 Å². The van der Waals surface area contributed by atoms with Crippen molar-refractivity contribution in [2.24, 2.45) is 0 Å². The minimum absolute atomic E-state index is 0.146. The molecule has 0 atom stereocenters. The van der Waals surface area contributed by atoms with Crippen molar-refractivity contribution in [3.63, 3.8) is 0 Å². The van der Waals surface area contributed by atoms with Gasteiger partial charge >= 0.3 is 0 Å². The van der Waals surface area contributed by atoms with Gasteiger partial charge in [-0.2, -0.15) is 0 Å². The highest BCUT2D eigenvalue weighted by atomic mass is 16.5. The number of rotatable bonds is 2. The molecule has 0 amide bonds. The first-order chi connectivity index (χ1) is 12.9. The fraction of sp³-hybridized carbons (Fsp3) is 0.0500. The lowest BCUT2D eigenvalue weighted by molar-refractivity contribution is 0.374. The molecule has 4 N–H and O–H groups in total. The number of ether oxygens (including phenoxy) is 1. The van der Waals surface area contributed by atoms with E-state index in [1.165, 1.54) is 25.3 Å². The lowest BCUT2D eigenvalue weighted by Gasteiger charge is -2.17.